The smallest absolute Gasteiger partial charge is 0.325 e. The highest BCUT2D eigenvalue weighted by Crippen LogP contribution is 2.21. The monoisotopic (exact) mass is 950 g/mol. The van der Waals surface area contributed by atoms with Crippen molar-refractivity contribution < 1.29 is 47.8 Å². The van der Waals surface area contributed by atoms with Crippen molar-refractivity contribution in [2.75, 3.05) is 13.2 Å². The molecule has 11 nitrogen and oxygen atoms in total. The predicted molar refractivity (Wildman–Crippen MR) is 274 cm³/mol. The van der Waals surface area contributed by atoms with Gasteiger partial charge < -0.3 is 14.8 Å². The number of amides is 1. The molecule has 0 aromatic carbocycles. The summed E-state index contributed by atoms with van der Waals surface area (Å²) in [7, 11) is 0. The number of rotatable bonds is 42. The van der Waals surface area contributed by atoms with Gasteiger partial charge in [0.2, 0.25) is 17.5 Å². The molecule has 0 aromatic rings. The van der Waals surface area contributed by atoms with E-state index < -0.39 is 40.9 Å². The third-order valence-electron chi connectivity index (χ3n) is 12.1. The van der Waals surface area contributed by atoms with Crippen LogP contribution in [0, 0.1) is 23.7 Å². The molecule has 1 amide bonds. The van der Waals surface area contributed by atoms with E-state index in [4.69, 9.17) is 9.47 Å². The Morgan fingerprint density at radius 3 is 1.18 bits per heavy atom. The summed E-state index contributed by atoms with van der Waals surface area (Å²) < 4.78 is 10.2. The standard InChI is InChI=1S/C29H53NO5.C26H46O5.CH4/c1-7-9-11-12-13-14-15-16-17-18-19-23(3)27(33)25(31)21-24(20-10-8-2)28(34)30-22-26(32)35-29(4,5)6;1-5-7-9-10-11-12-13-14-15-16-17-21(3)25(29)24(28)19-23(18-8-6-2)26(30)31-20-22(4)27;/h23-24H,7-22H2,1-6H3,(H,30,34);21,23H,5-20H2,1-4H3;1H4/t23?,24-;21?,23-;/m11./s1. The molecule has 11 heteroatoms. The molecule has 0 aliphatic heterocycles. The van der Waals surface area contributed by atoms with E-state index in [2.05, 4.69) is 19.2 Å². The van der Waals surface area contributed by atoms with Crippen molar-refractivity contribution in [1.82, 2.24) is 5.32 Å². The van der Waals surface area contributed by atoms with Crippen LogP contribution in [0.25, 0.3) is 0 Å². The van der Waals surface area contributed by atoms with Crippen molar-refractivity contribution in [3.63, 3.8) is 0 Å². The van der Waals surface area contributed by atoms with Crippen LogP contribution in [0.15, 0.2) is 0 Å². The second-order valence-electron chi connectivity index (χ2n) is 20.0. The van der Waals surface area contributed by atoms with Crippen LogP contribution >= 0.6 is 0 Å². The zero-order valence-corrected chi connectivity index (χ0v) is 44.0. The fraction of sp³-hybridized carbons (Fsp3) is 0.857. The zero-order valence-electron chi connectivity index (χ0n) is 44.0. The van der Waals surface area contributed by atoms with E-state index in [-0.39, 0.29) is 68.5 Å². The normalized spacial score (nSPS) is 12.9. The molecule has 0 radical (unpaired) electrons. The number of nitrogens with one attached hydrogen (secondary N) is 1. The molecule has 1 N–H and O–H groups in total. The highest BCUT2D eigenvalue weighted by atomic mass is 16.6. The van der Waals surface area contributed by atoms with Crippen molar-refractivity contribution in [3.8, 4) is 0 Å². The van der Waals surface area contributed by atoms with Crippen molar-refractivity contribution >= 4 is 46.8 Å². The van der Waals surface area contributed by atoms with Crippen LogP contribution in [0.4, 0.5) is 0 Å². The van der Waals surface area contributed by atoms with E-state index in [1.165, 1.54) is 110 Å². The zero-order chi connectivity index (χ0) is 50.2. The van der Waals surface area contributed by atoms with E-state index in [0.717, 1.165) is 57.8 Å². The number of carbonyl (C=O) groups is 8. The quantitative estimate of drug-likeness (QED) is 0.0353. The minimum absolute atomic E-state index is 0. The van der Waals surface area contributed by atoms with Gasteiger partial charge >= 0.3 is 11.9 Å². The highest BCUT2D eigenvalue weighted by molar-refractivity contribution is 6.38. The molecule has 0 saturated heterocycles. The first-order valence-corrected chi connectivity index (χ1v) is 26.6. The average Bonchev–Trinajstić information content (AvgIpc) is 3.27. The third-order valence-corrected chi connectivity index (χ3v) is 12.1. The summed E-state index contributed by atoms with van der Waals surface area (Å²) in [6, 6.07) is 0. The minimum Gasteiger partial charge on any atom is -0.459 e. The maximum Gasteiger partial charge on any atom is 0.325 e. The lowest BCUT2D eigenvalue weighted by Crippen LogP contribution is -2.39. The van der Waals surface area contributed by atoms with Gasteiger partial charge in [-0.2, -0.15) is 0 Å². The molecular weight excluding hydrogens is 847 g/mol. The number of ether oxygens (including phenoxy) is 2. The summed E-state index contributed by atoms with van der Waals surface area (Å²) in [5.74, 6) is -5.24. The molecule has 4 atom stereocenters. The summed E-state index contributed by atoms with van der Waals surface area (Å²) in [6.07, 6.45) is 30.3. The Balaban J connectivity index is -0.00000121. The summed E-state index contributed by atoms with van der Waals surface area (Å²) in [5.41, 5.74) is -0.629. The van der Waals surface area contributed by atoms with Gasteiger partial charge in [-0.1, -0.05) is 203 Å². The number of ketones is 5. The molecule has 0 fully saturated rings. The fourth-order valence-corrected chi connectivity index (χ4v) is 7.84. The summed E-state index contributed by atoms with van der Waals surface area (Å²) in [4.78, 5) is 98.0. The maximum atomic E-state index is 12.6. The number of hydrogen-bond acceptors (Lipinski definition) is 10. The van der Waals surface area contributed by atoms with E-state index in [1.54, 1.807) is 20.8 Å². The second-order valence-corrected chi connectivity index (χ2v) is 20.0. The van der Waals surface area contributed by atoms with Crippen LogP contribution in [0.1, 0.15) is 269 Å². The average molecular weight is 950 g/mol. The first-order valence-electron chi connectivity index (χ1n) is 26.6. The summed E-state index contributed by atoms with van der Waals surface area (Å²) in [6.45, 7) is 18.2. The van der Waals surface area contributed by atoms with E-state index in [9.17, 15) is 38.4 Å². The van der Waals surface area contributed by atoms with E-state index >= 15 is 0 Å². The Morgan fingerprint density at radius 1 is 0.478 bits per heavy atom. The van der Waals surface area contributed by atoms with Crippen molar-refractivity contribution in [2.45, 2.75) is 275 Å². The Labute approximate surface area is 410 Å². The van der Waals surface area contributed by atoms with Gasteiger partial charge in [-0.15, -0.1) is 0 Å². The third kappa shape index (κ3) is 40.4. The van der Waals surface area contributed by atoms with Gasteiger partial charge in [0.1, 0.15) is 18.8 Å². The molecule has 2 unspecified atom stereocenters. The van der Waals surface area contributed by atoms with Crippen molar-refractivity contribution in [1.29, 1.82) is 0 Å². The van der Waals surface area contributed by atoms with Crippen molar-refractivity contribution in [2.24, 2.45) is 23.7 Å². The van der Waals surface area contributed by atoms with Gasteiger partial charge in [0.05, 0.1) is 5.92 Å². The number of carbonyl (C=O) groups excluding carboxylic acids is 8. The van der Waals surface area contributed by atoms with Crippen LogP contribution in [-0.4, -0.2) is 65.5 Å². The van der Waals surface area contributed by atoms with Gasteiger partial charge in [-0.05, 0) is 53.4 Å². The van der Waals surface area contributed by atoms with Crippen LogP contribution in [0.5, 0.6) is 0 Å². The molecule has 0 rings (SSSR count). The number of unbranched alkanes of at least 4 members (excludes halogenated alkanes) is 20. The first kappa shape index (κ1) is 68.0. The molecule has 0 saturated carbocycles. The maximum absolute atomic E-state index is 12.6. The molecular formula is C56H103NO10. The molecule has 67 heavy (non-hydrogen) atoms. The van der Waals surface area contributed by atoms with Crippen LogP contribution in [-0.2, 0) is 47.8 Å². The SMILES string of the molecule is C.CCCCCCCCCCCCC(C)C(=O)C(=O)C[C@@H](CCCC)C(=O)NCC(=O)OC(C)(C)C.CCCCCCCCCCCCC(C)C(=O)C(=O)C[C@@H](CCCC)C(=O)OCC(C)=O. The topological polar surface area (TPSA) is 167 Å². The Hall–Kier alpha value is -3.24. The number of hydrogen-bond donors (Lipinski definition) is 1. The van der Waals surface area contributed by atoms with Gasteiger partial charge in [0, 0.05) is 30.6 Å². The lowest BCUT2D eigenvalue weighted by atomic mass is 9.89. The number of Topliss-reactive ketones (excluding diaryl/α,β-unsaturated/α-hetero) is 5. The van der Waals surface area contributed by atoms with E-state index in [1.807, 2.05) is 27.7 Å². The molecule has 0 aromatic heterocycles. The molecule has 0 bridgehead atoms. The summed E-state index contributed by atoms with van der Waals surface area (Å²) >= 11 is 0. The first-order chi connectivity index (χ1) is 31.3. The Morgan fingerprint density at radius 2 is 0.821 bits per heavy atom. The van der Waals surface area contributed by atoms with Gasteiger partial charge in [0.15, 0.2) is 17.3 Å². The van der Waals surface area contributed by atoms with Crippen LogP contribution in [0.3, 0.4) is 0 Å². The van der Waals surface area contributed by atoms with Gasteiger partial charge in [-0.25, -0.2) is 0 Å². The summed E-state index contributed by atoms with van der Waals surface area (Å²) in [5, 5.41) is 2.58. The molecule has 392 valence electrons. The molecule has 0 spiro atoms. The lowest BCUT2D eigenvalue weighted by molar-refractivity contribution is -0.155. The van der Waals surface area contributed by atoms with Crippen molar-refractivity contribution in [3.05, 3.63) is 0 Å². The predicted octanol–water partition coefficient (Wildman–Crippen LogP) is 13.8. The van der Waals surface area contributed by atoms with Gasteiger partial charge in [-0.3, -0.25) is 38.4 Å². The Kier molecular flexibility index (Phi) is 44.7. The highest BCUT2D eigenvalue weighted by Gasteiger charge is 2.30. The molecule has 0 aliphatic carbocycles. The van der Waals surface area contributed by atoms with E-state index in [0.29, 0.717) is 19.3 Å². The fourth-order valence-electron chi connectivity index (χ4n) is 7.84. The molecule has 0 aliphatic rings. The second kappa shape index (κ2) is 44.0. The van der Waals surface area contributed by atoms with Gasteiger partial charge in [0.25, 0.3) is 0 Å². The molecule has 0 heterocycles. The lowest BCUT2D eigenvalue weighted by Gasteiger charge is -2.20. The minimum atomic E-state index is -0.639. The largest absolute Gasteiger partial charge is 0.459 e. The van der Waals surface area contributed by atoms with Crippen LogP contribution in [0.2, 0.25) is 0 Å². The van der Waals surface area contributed by atoms with Crippen LogP contribution < -0.4 is 5.32 Å². The number of esters is 2. The Bertz CT molecular complexity index is 1350.